The summed E-state index contributed by atoms with van der Waals surface area (Å²) >= 11 is 0. The molecule has 210 valence electrons. The Bertz CT molecular complexity index is 2960. The first-order chi connectivity index (χ1) is 26.3. The van der Waals surface area contributed by atoms with E-state index in [1.165, 1.54) is 0 Å². The van der Waals surface area contributed by atoms with Crippen LogP contribution in [0.3, 0.4) is 0 Å². The molecule has 0 fully saturated rings. The van der Waals surface area contributed by atoms with Gasteiger partial charge >= 0.3 is 0 Å². The smallest absolute Gasteiger partial charge is 0.158 e. The van der Waals surface area contributed by atoms with Gasteiger partial charge in [-0.1, -0.05) is 115 Å². The van der Waals surface area contributed by atoms with Crippen LogP contribution in [0, 0.1) is 0 Å². The van der Waals surface area contributed by atoms with E-state index in [4.69, 9.17) is 38.3 Å². The van der Waals surface area contributed by atoms with Crippen molar-refractivity contribution in [1.82, 2.24) is 0 Å². The second kappa shape index (κ2) is 10.7. The van der Waals surface area contributed by atoms with Crippen LogP contribution in [0.1, 0.15) is 31.8 Å². The Morgan fingerprint density at radius 2 is 1.39 bits per heavy atom. The summed E-state index contributed by atoms with van der Waals surface area (Å²) in [6.07, 6.45) is 0. The maximum atomic E-state index is 9.26. The number of nitrogens with zero attached hydrogens (tertiary/aromatic N) is 2. The molecule has 2 heterocycles. The van der Waals surface area contributed by atoms with E-state index in [1.807, 2.05) is 60.7 Å². The van der Waals surface area contributed by atoms with E-state index in [2.05, 4.69) is 0 Å². The van der Waals surface area contributed by atoms with Crippen molar-refractivity contribution in [3.05, 3.63) is 156 Å². The number of furan rings is 2. The highest BCUT2D eigenvalue weighted by Crippen LogP contribution is 2.39. The van der Waals surface area contributed by atoms with Crippen molar-refractivity contribution in [1.29, 1.82) is 0 Å². The SMILES string of the molecule is [2H]c1c([2H])c([2H])c(-c2c([2H])c([2H])c([2H])c3oc4c([2H])c([2H])c([2H])c(C(N=C(N)c5cccc6c5oc5ccccc56)=NCc5ccccc5)c4c23)c([2H])c1[2H]. The summed E-state index contributed by atoms with van der Waals surface area (Å²) in [5, 5.41) is 1.31. The van der Waals surface area contributed by atoms with Crippen LogP contribution in [0.4, 0.5) is 0 Å². The fourth-order valence-electron chi connectivity index (χ4n) is 5.28. The number of rotatable bonds is 5. The molecule has 6 aromatic carbocycles. The first kappa shape index (κ1) is 16.6. The van der Waals surface area contributed by atoms with Crippen molar-refractivity contribution in [3.63, 3.8) is 0 Å². The van der Waals surface area contributed by atoms with Gasteiger partial charge in [0.1, 0.15) is 28.2 Å². The van der Waals surface area contributed by atoms with Gasteiger partial charge in [0.25, 0.3) is 0 Å². The van der Waals surface area contributed by atoms with Crippen LogP contribution in [-0.2, 0) is 6.54 Å². The number of hydrogen-bond donors (Lipinski definition) is 1. The summed E-state index contributed by atoms with van der Waals surface area (Å²) in [6, 6.07) is 14.9. The molecule has 0 bridgehead atoms. The average molecular weight is 581 g/mol. The maximum absolute atomic E-state index is 9.26. The Kier molecular flexibility index (Phi) is 4.05. The first-order valence-electron chi connectivity index (χ1n) is 19.2. The van der Waals surface area contributed by atoms with Crippen LogP contribution in [0.15, 0.2) is 158 Å². The normalized spacial score (nSPS) is 16.0. The molecular weight excluding hydrogens is 542 g/mol. The topological polar surface area (TPSA) is 77.0 Å². The Balaban J connectivity index is 1.51. The first-order valence-corrected chi connectivity index (χ1v) is 13.7. The molecule has 0 amide bonds. The summed E-state index contributed by atoms with van der Waals surface area (Å²) in [6.45, 7) is 0.00862. The van der Waals surface area contributed by atoms with E-state index in [0.717, 1.165) is 16.3 Å². The molecule has 8 aromatic rings. The summed E-state index contributed by atoms with van der Waals surface area (Å²) in [7, 11) is 0. The van der Waals surface area contributed by atoms with Crippen LogP contribution in [0.25, 0.3) is 55.0 Å². The van der Waals surface area contributed by atoms with E-state index in [0.29, 0.717) is 16.7 Å². The maximum Gasteiger partial charge on any atom is 0.158 e. The molecule has 2 N–H and O–H groups in total. The number of para-hydroxylation sites is 2. The van der Waals surface area contributed by atoms with Crippen LogP contribution in [0.5, 0.6) is 0 Å². The molecule has 5 heteroatoms. The minimum atomic E-state index is -0.698. The van der Waals surface area contributed by atoms with Crippen LogP contribution in [-0.4, -0.2) is 11.7 Å². The molecular formula is C39H27N3O2. The van der Waals surface area contributed by atoms with E-state index >= 15 is 0 Å². The van der Waals surface area contributed by atoms with Gasteiger partial charge in [0, 0.05) is 27.1 Å². The number of hydrogen-bond acceptors (Lipinski definition) is 3. The predicted molar refractivity (Wildman–Crippen MR) is 180 cm³/mol. The molecule has 0 aliphatic rings. The van der Waals surface area contributed by atoms with Gasteiger partial charge in [-0.25, -0.2) is 4.99 Å². The molecule has 0 aliphatic heterocycles. The van der Waals surface area contributed by atoms with Gasteiger partial charge < -0.3 is 14.6 Å². The van der Waals surface area contributed by atoms with E-state index < -0.39 is 72.0 Å². The Hall–Kier alpha value is -5.94. The van der Waals surface area contributed by atoms with Crippen LogP contribution >= 0.6 is 0 Å². The summed E-state index contributed by atoms with van der Waals surface area (Å²) in [5.41, 5.74) is 7.30. The predicted octanol–water partition coefficient (Wildman–Crippen LogP) is 9.50. The number of benzene rings is 6. The van der Waals surface area contributed by atoms with Crippen molar-refractivity contribution in [2.45, 2.75) is 6.54 Å². The zero-order valence-corrected chi connectivity index (χ0v) is 22.9. The van der Waals surface area contributed by atoms with Crippen molar-refractivity contribution in [2.75, 3.05) is 0 Å². The second-order valence-corrected chi connectivity index (χ2v) is 9.91. The molecule has 0 aliphatic carbocycles. The van der Waals surface area contributed by atoms with Gasteiger partial charge in [0.15, 0.2) is 5.84 Å². The summed E-state index contributed by atoms with van der Waals surface area (Å²) < 4.78 is 108. The third kappa shape index (κ3) is 4.43. The molecule has 0 saturated carbocycles. The Morgan fingerprint density at radius 3 is 2.25 bits per heavy atom. The summed E-state index contributed by atoms with van der Waals surface area (Å²) in [4.78, 5) is 9.53. The van der Waals surface area contributed by atoms with Gasteiger partial charge in [0.2, 0.25) is 0 Å². The lowest BCUT2D eigenvalue weighted by Gasteiger charge is -2.09. The summed E-state index contributed by atoms with van der Waals surface area (Å²) in [5.74, 6) is -0.277. The number of aliphatic imine (C=N–C) groups is 2. The van der Waals surface area contributed by atoms with E-state index in [9.17, 15) is 1.37 Å². The fraction of sp³-hybridized carbons (Fsp3) is 0.0256. The number of nitrogens with two attached hydrogens (primary N) is 1. The number of amidine groups is 2. The van der Waals surface area contributed by atoms with Crippen LogP contribution < -0.4 is 5.73 Å². The van der Waals surface area contributed by atoms with Crippen molar-refractivity contribution in [2.24, 2.45) is 15.7 Å². The minimum absolute atomic E-state index is 0.00862. The third-order valence-electron chi connectivity index (χ3n) is 7.27. The van der Waals surface area contributed by atoms with Gasteiger partial charge in [-0.15, -0.1) is 0 Å². The molecule has 0 radical (unpaired) electrons. The zero-order chi connectivity index (χ0) is 39.0. The molecule has 0 unspecified atom stereocenters. The molecule has 0 saturated heterocycles. The van der Waals surface area contributed by atoms with Crippen molar-refractivity contribution in [3.8, 4) is 11.1 Å². The van der Waals surface area contributed by atoms with Gasteiger partial charge in [-0.2, -0.15) is 0 Å². The third-order valence-corrected chi connectivity index (χ3v) is 7.27. The quantitative estimate of drug-likeness (QED) is 0.163. The zero-order valence-electron chi connectivity index (χ0n) is 33.9. The lowest BCUT2D eigenvalue weighted by Crippen LogP contribution is -2.17. The molecule has 2 aromatic heterocycles. The lowest BCUT2D eigenvalue weighted by molar-refractivity contribution is 0.668. The highest BCUT2D eigenvalue weighted by atomic mass is 16.3. The van der Waals surface area contributed by atoms with Gasteiger partial charge in [-0.05, 0) is 40.9 Å². The standard InChI is InChI=1S/C39H27N3O2/c40-38(31-20-9-18-29-28-16-7-8-21-32(28)44-37(29)31)42-39(41-24-25-12-3-1-4-13-25)30-19-11-23-34-36(30)35-27(17-10-22-33(35)43-34)26-14-5-2-6-15-26/h1-23H,24H2,(H2,40,41,42)/i2D,5D,6D,10D,11D,14D,15D,17D,19D,22D,23D. The highest BCUT2D eigenvalue weighted by molar-refractivity contribution is 6.24. The average Bonchev–Trinajstić information content (AvgIpc) is 3.78. The molecule has 8 rings (SSSR count). The second-order valence-electron chi connectivity index (χ2n) is 9.91. The molecule has 5 nitrogen and oxygen atoms in total. The van der Waals surface area contributed by atoms with Crippen LogP contribution in [0.2, 0.25) is 0 Å². The van der Waals surface area contributed by atoms with Crippen molar-refractivity contribution >= 4 is 55.5 Å². The minimum Gasteiger partial charge on any atom is -0.456 e. The largest absolute Gasteiger partial charge is 0.456 e. The van der Waals surface area contributed by atoms with Gasteiger partial charge in [-0.3, -0.25) is 4.99 Å². The Labute approximate surface area is 269 Å². The van der Waals surface area contributed by atoms with Gasteiger partial charge in [0.05, 0.1) is 27.2 Å². The molecule has 44 heavy (non-hydrogen) atoms. The van der Waals surface area contributed by atoms with E-state index in [-0.39, 0.29) is 51.3 Å². The lowest BCUT2D eigenvalue weighted by atomic mass is 9.97. The van der Waals surface area contributed by atoms with E-state index in [1.54, 1.807) is 12.1 Å². The number of fused-ring (bicyclic) bond motifs is 6. The van der Waals surface area contributed by atoms with Crippen molar-refractivity contribution < 1.29 is 23.9 Å². The molecule has 0 atom stereocenters. The molecule has 0 spiro atoms. The monoisotopic (exact) mass is 580 g/mol. The Morgan fingerprint density at radius 1 is 0.636 bits per heavy atom. The fourth-order valence-corrected chi connectivity index (χ4v) is 5.28. The highest BCUT2D eigenvalue weighted by Gasteiger charge is 2.19.